The van der Waals surface area contributed by atoms with E-state index in [0.29, 0.717) is 5.69 Å². The van der Waals surface area contributed by atoms with Crippen molar-refractivity contribution in [3.05, 3.63) is 76.6 Å². The number of hydrogen-bond acceptors (Lipinski definition) is 3. The quantitative estimate of drug-likeness (QED) is 0.740. The molecule has 0 bridgehead atoms. The number of aliphatic hydroxyl groups excluding tert-OH is 1. The maximum atomic E-state index is 13.0. The zero-order chi connectivity index (χ0) is 21.3. The number of nitrogens with zero attached hydrogens (tertiary/aromatic N) is 1. The molecule has 0 aromatic heterocycles. The molecule has 152 valence electrons. The van der Waals surface area contributed by atoms with Gasteiger partial charge in [0.1, 0.15) is 0 Å². The number of ketones is 1. The number of carbonyl (C=O) groups is 2. The Bertz CT molecular complexity index is 947. The van der Waals surface area contributed by atoms with Crippen molar-refractivity contribution in [2.24, 2.45) is 0 Å². The fraction of sp³-hybridized carbons (Fsp3) is 0.360. The van der Waals surface area contributed by atoms with Crippen molar-refractivity contribution < 1.29 is 14.7 Å². The van der Waals surface area contributed by atoms with Gasteiger partial charge in [0, 0.05) is 12.1 Å². The van der Waals surface area contributed by atoms with Gasteiger partial charge in [0.25, 0.3) is 5.91 Å². The Balaban J connectivity index is 2.11. The summed E-state index contributed by atoms with van der Waals surface area (Å²) in [5.74, 6) is -1.19. The first-order valence-electron chi connectivity index (χ1n) is 10.2. The highest BCUT2D eigenvalue weighted by atomic mass is 16.3. The monoisotopic (exact) mass is 391 g/mol. The highest BCUT2D eigenvalue weighted by Crippen LogP contribution is 2.41. The predicted octanol–water partition coefficient (Wildman–Crippen LogP) is 5.43. The molecule has 1 unspecified atom stereocenters. The maximum absolute atomic E-state index is 13.0. The third kappa shape index (κ3) is 3.84. The first-order valence-corrected chi connectivity index (χ1v) is 10.2. The van der Waals surface area contributed by atoms with Gasteiger partial charge in [-0.25, -0.2) is 0 Å². The normalized spacial score (nSPS) is 17.2. The van der Waals surface area contributed by atoms with Gasteiger partial charge < -0.3 is 5.11 Å². The second-order valence-electron chi connectivity index (χ2n) is 8.51. The molecule has 1 amide bonds. The standard InChI is InChI=1S/C25H29NO3/c1-6-16-8-10-17(11-9-16)22-21(20(27)7-2)23(28)24(29)26(22)19-14-12-18(13-15-19)25(3,4)5/h8-15,22,28H,6-7H2,1-5H3. The highest BCUT2D eigenvalue weighted by Gasteiger charge is 2.43. The van der Waals surface area contributed by atoms with Crippen LogP contribution in [0.2, 0.25) is 0 Å². The summed E-state index contributed by atoms with van der Waals surface area (Å²) in [6, 6.07) is 15.0. The van der Waals surface area contributed by atoms with Gasteiger partial charge in [-0.1, -0.05) is 71.0 Å². The summed E-state index contributed by atoms with van der Waals surface area (Å²) in [4.78, 5) is 27.2. The van der Waals surface area contributed by atoms with Crippen LogP contribution in [-0.4, -0.2) is 16.8 Å². The molecular weight excluding hydrogens is 362 g/mol. The molecule has 1 atom stereocenters. The van der Waals surface area contributed by atoms with E-state index in [1.54, 1.807) is 6.92 Å². The minimum Gasteiger partial charge on any atom is -0.503 e. The Morgan fingerprint density at radius 1 is 1.00 bits per heavy atom. The number of benzene rings is 2. The molecule has 0 radical (unpaired) electrons. The summed E-state index contributed by atoms with van der Waals surface area (Å²) in [7, 11) is 0. The lowest BCUT2D eigenvalue weighted by Gasteiger charge is -2.28. The Morgan fingerprint density at radius 2 is 1.59 bits per heavy atom. The van der Waals surface area contributed by atoms with E-state index < -0.39 is 17.7 Å². The lowest BCUT2D eigenvalue weighted by Crippen LogP contribution is -2.31. The van der Waals surface area contributed by atoms with E-state index in [1.807, 2.05) is 48.5 Å². The molecule has 4 nitrogen and oxygen atoms in total. The maximum Gasteiger partial charge on any atom is 0.294 e. The van der Waals surface area contributed by atoms with E-state index in [4.69, 9.17) is 0 Å². The molecule has 0 saturated heterocycles. The summed E-state index contributed by atoms with van der Waals surface area (Å²) in [5, 5.41) is 10.6. The van der Waals surface area contributed by atoms with Crippen molar-refractivity contribution in [2.75, 3.05) is 4.90 Å². The lowest BCUT2D eigenvalue weighted by molar-refractivity contribution is -0.118. The van der Waals surface area contributed by atoms with Gasteiger partial charge in [0.2, 0.25) is 0 Å². The van der Waals surface area contributed by atoms with Crippen LogP contribution < -0.4 is 4.90 Å². The number of amides is 1. The van der Waals surface area contributed by atoms with Crippen LogP contribution in [0.3, 0.4) is 0 Å². The van der Waals surface area contributed by atoms with E-state index in [9.17, 15) is 14.7 Å². The van der Waals surface area contributed by atoms with Gasteiger partial charge in [0.15, 0.2) is 11.5 Å². The first-order chi connectivity index (χ1) is 13.7. The molecule has 4 heteroatoms. The van der Waals surface area contributed by atoms with Crippen molar-refractivity contribution in [2.45, 2.75) is 58.9 Å². The first kappa shape index (κ1) is 20.8. The fourth-order valence-corrected chi connectivity index (χ4v) is 3.72. The third-order valence-electron chi connectivity index (χ3n) is 5.54. The fourth-order valence-electron chi connectivity index (χ4n) is 3.72. The molecule has 1 N–H and O–H groups in total. The molecule has 0 saturated carbocycles. The van der Waals surface area contributed by atoms with Crippen LogP contribution in [0, 0.1) is 0 Å². The minimum absolute atomic E-state index is 0.00728. The molecule has 0 aliphatic carbocycles. The van der Waals surface area contributed by atoms with Crippen LogP contribution in [0.5, 0.6) is 0 Å². The summed E-state index contributed by atoms with van der Waals surface area (Å²) in [5.41, 5.74) is 3.98. The van der Waals surface area contributed by atoms with E-state index in [2.05, 4.69) is 27.7 Å². The highest BCUT2D eigenvalue weighted by molar-refractivity contribution is 6.16. The van der Waals surface area contributed by atoms with Gasteiger partial charge in [-0.2, -0.15) is 0 Å². The number of aliphatic hydroxyl groups is 1. The molecule has 2 aromatic carbocycles. The number of aryl methyl sites for hydroxylation is 1. The average molecular weight is 392 g/mol. The SMILES string of the molecule is CCC(=O)C1=C(O)C(=O)N(c2ccc(C(C)(C)C)cc2)C1c1ccc(CC)cc1. The van der Waals surface area contributed by atoms with Gasteiger partial charge in [-0.3, -0.25) is 14.5 Å². The molecule has 2 aromatic rings. The smallest absolute Gasteiger partial charge is 0.294 e. The Labute approximate surface area is 172 Å². The Kier molecular flexibility index (Phi) is 5.65. The van der Waals surface area contributed by atoms with Crippen molar-refractivity contribution in [3.63, 3.8) is 0 Å². The summed E-state index contributed by atoms with van der Waals surface area (Å²) in [6.07, 6.45) is 1.14. The number of hydrogen-bond donors (Lipinski definition) is 1. The van der Waals surface area contributed by atoms with E-state index in [1.165, 1.54) is 10.5 Å². The predicted molar refractivity (Wildman–Crippen MR) is 116 cm³/mol. The molecule has 1 aliphatic rings. The zero-order valence-electron chi connectivity index (χ0n) is 17.8. The number of Topliss-reactive ketones (excluding diaryl/α,β-unsaturated/α-hetero) is 1. The van der Waals surface area contributed by atoms with Crippen LogP contribution in [0.15, 0.2) is 59.9 Å². The van der Waals surface area contributed by atoms with Crippen LogP contribution in [0.25, 0.3) is 0 Å². The van der Waals surface area contributed by atoms with Gasteiger partial charge >= 0.3 is 0 Å². The number of rotatable bonds is 5. The largest absolute Gasteiger partial charge is 0.503 e. The summed E-state index contributed by atoms with van der Waals surface area (Å²) < 4.78 is 0. The molecule has 0 fully saturated rings. The molecule has 0 spiro atoms. The Morgan fingerprint density at radius 3 is 2.07 bits per heavy atom. The summed E-state index contributed by atoms with van der Waals surface area (Å²) >= 11 is 0. The minimum atomic E-state index is -0.624. The average Bonchev–Trinajstić information content (AvgIpc) is 2.98. The molecule has 1 aliphatic heterocycles. The van der Waals surface area contributed by atoms with Gasteiger partial charge in [-0.05, 0) is 40.7 Å². The van der Waals surface area contributed by atoms with Crippen LogP contribution in [0.1, 0.15) is 63.8 Å². The topological polar surface area (TPSA) is 57.6 Å². The zero-order valence-corrected chi connectivity index (χ0v) is 17.8. The molecular formula is C25H29NO3. The second-order valence-corrected chi connectivity index (χ2v) is 8.51. The van der Waals surface area contributed by atoms with Crippen LogP contribution in [0.4, 0.5) is 5.69 Å². The van der Waals surface area contributed by atoms with Crippen LogP contribution in [-0.2, 0) is 21.4 Å². The van der Waals surface area contributed by atoms with Gasteiger partial charge in [-0.15, -0.1) is 0 Å². The number of anilines is 1. The molecule has 1 heterocycles. The Hall–Kier alpha value is -2.88. The van der Waals surface area contributed by atoms with Crippen molar-refractivity contribution in [3.8, 4) is 0 Å². The summed E-state index contributed by atoms with van der Waals surface area (Å²) in [6.45, 7) is 10.2. The van der Waals surface area contributed by atoms with Crippen molar-refractivity contribution in [1.29, 1.82) is 0 Å². The van der Waals surface area contributed by atoms with Crippen molar-refractivity contribution in [1.82, 2.24) is 0 Å². The molecule has 29 heavy (non-hydrogen) atoms. The van der Waals surface area contributed by atoms with Gasteiger partial charge in [0.05, 0.1) is 11.6 Å². The molecule has 3 rings (SSSR count). The van der Waals surface area contributed by atoms with Crippen molar-refractivity contribution >= 4 is 17.4 Å². The van der Waals surface area contributed by atoms with E-state index in [0.717, 1.165) is 17.5 Å². The van der Waals surface area contributed by atoms with E-state index >= 15 is 0 Å². The second kappa shape index (κ2) is 7.86. The lowest BCUT2D eigenvalue weighted by atomic mass is 9.87. The number of carbonyl (C=O) groups excluding carboxylic acids is 2. The van der Waals surface area contributed by atoms with Crippen LogP contribution >= 0.6 is 0 Å². The van der Waals surface area contributed by atoms with E-state index in [-0.39, 0.29) is 23.2 Å². The third-order valence-corrected chi connectivity index (χ3v) is 5.54.